The van der Waals surface area contributed by atoms with Crippen LogP contribution in [0.2, 0.25) is 0 Å². The Hall–Kier alpha value is -1.88. The normalized spacial score (nSPS) is 18.4. The van der Waals surface area contributed by atoms with Crippen molar-refractivity contribution in [1.29, 1.82) is 0 Å². The Morgan fingerprint density at radius 2 is 2.25 bits per heavy atom. The molecule has 1 aromatic heterocycles. The van der Waals surface area contributed by atoms with Crippen molar-refractivity contribution in [2.24, 2.45) is 0 Å². The summed E-state index contributed by atoms with van der Waals surface area (Å²) in [5.41, 5.74) is 6.01. The Morgan fingerprint density at radius 1 is 1.40 bits per heavy atom. The third-order valence-electron chi connectivity index (χ3n) is 3.63. The lowest BCUT2D eigenvalue weighted by Crippen LogP contribution is -2.30. The van der Waals surface area contributed by atoms with Gasteiger partial charge in [0.2, 0.25) is 0 Å². The first-order valence-corrected chi connectivity index (χ1v) is 7.44. The van der Waals surface area contributed by atoms with Gasteiger partial charge in [0.25, 0.3) is 5.91 Å². The average Bonchev–Trinajstić information content (AvgIpc) is 3.10. The Kier molecular flexibility index (Phi) is 3.44. The fourth-order valence-corrected chi connectivity index (χ4v) is 3.50. The summed E-state index contributed by atoms with van der Waals surface area (Å²) >= 11 is 1.66. The molecule has 0 bridgehead atoms. The molecule has 2 heterocycles. The van der Waals surface area contributed by atoms with Crippen molar-refractivity contribution in [3.63, 3.8) is 0 Å². The molecule has 0 spiro atoms. The molecule has 5 heteroatoms. The molecule has 0 radical (unpaired) electrons. The number of likely N-dealkylation sites (tertiary alicyclic amines) is 1. The van der Waals surface area contributed by atoms with Gasteiger partial charge < -0.3 is 10.6 Å². The lowest BCUT2D eigenvalue weighted by atomic mass is 10.1. The number of rotatable bonds is 2. The summed E-state index contributed by atoms with van der Waals surface area (Å²) in [6, 6.07) is 8.35. The number of carbonyl (C=O) groups is 1. The largest absolute Gasteiger partial charge is 0.396 e. The van der Waals surface area contributed by atoms with E-state index in [1.54, 1.807) is 11.3 Å². The highest BCUT2D eigenvalue weighted by Gasteiger charge is 2.31. The van der Waals surface area contributed by atoms with E-state index >= 15 is 0 Å². The number of hydrogen-bond acceptors (Lipinski definition) is 3. The average molecular weight is 290 g/mol. The third kappa shape index (κ3) is 2.29. The number of anilines is 1. The van der Waals surface area contributed by atoms with Gasteiger partial charge in [-0.2, -0.15) is 0 Å². The SMILES string of the molecule is Nc1cc(C(=O)N2CCCC2c2cccs2)ccc1F. The van der Waals surface area contributed by atoms with E-state index in [9.17, 15) is 9.18 Å². The van der Waals surface area contributed by atoms with Crippen LogP contribution in [0.5, 0.6) is 0 Å². The number of thiophene rings is 1. The zero-order valence-electron chi connectivity index (χ0n) is 10.9. The molecule has 2 N–H and O–H groups in total. The van der Waals surface area contributed by atoms with Crippen LogP contribution in [0.15, 0.2) is 35.7 Å². The minimum atomic E-state index is -0.488. The molecule has 3 rings (SSSR count). The van der Waals surface area contributed by atoms with Gasteiger partial charge in [0.05, 0.1) is 11.7 Å². The molecule has 2 aromatic rings. The smallest absolute Gasteiger partial charge is 0.254 e. The van der Waals surface area contributed by atoms with Crippen molar-refractivity contribution >= 4 is 22.9 Å². The zero-order valence-corrected chi connectivity index (χ0v) is 11.7. The van der Waals surface area contributed by atoms with Crippen LogP contribution in [0.4, 0.5) is 10.1 Å². The second kappa shape index (κ2) is 5.25. The number of nitrogens with two attached hydrogens (primary N) is 1. The van der Waals surface area contributed by atoms with E-state index in [0.717, 1.165) is 19.4 Å². The number of hydrogen-bond donors (Lipinski definition) is 1. The van der Waals surface area contributed by atoms with Crippen LogP contribution in [-0.2, 0) is 0 Å². The van der Waals surface area contributed by atoms with Crippen LogP contribution < -0.4 is 5.73 Å². The van der Waals surface area contributed by atoms with Crippen LogP contribution in [-0.4, -0.2) is 17.4 Å². The number of halogens is 1. The van der Waals surface area contributed by atoms with Gasteiger partial charge in [0.15, 0.2) is 0 Å². The van der Waals surface area contributed by atoms with E-state index in [2.05, 4.69) is 6.07 Å². The monoisotopic (exact) mass is 290 g/mol. The van der Waals surface area contributed by atoms with E-state index in [4.69, 9.17) is 5.73 Å². The minimum Gasteiger partial charge on any atom is -0.396 e. The van der Waals surface area contributed by atoms with E-state index < -0.39 is 5.82 Å². The first-order valence-electron chi connectivity index (χ1n) is 6.56. The maximum atomic E-state index is 13.2. The van der Waals surface area contributed by atoms with Gasteiger partial charge in [-0.25, -0.2) is 4.39 Å². The van der Waals surface area contributed by atoms with Crippen molar-refractivity contribution in [1.82, 2.24) is 4.90 Å². The lowest BCUT2D eigenvalue weighted by Gasteiger charge is -2.24. The molecule has 1 aromatic carbocycles. The number of nitrogens with zero attached hydrogens (tertiary/aromatic N) is 1. The molecule has 0 aliphatic carbocycles. The van der Waals surface area contributed by atoms with Gasteiger partial charge in [0.1, 0.15) is 5.82 Å². The third-order valence-corrected chi connectivity index (χ3v) is 4.60. The van der Waals surface area contributed by atoms with Gasteiger partial charge in [-0.3, -0.25) is 4.79 Å². The number of carbonyl (C=O) groups excluding carboxylic acids is 1. The predicted molar refractivity (Wildman–Crippen MR) is 78.1 cm³/mol. The molecule has 1 fully saturated rings. The lowest BCUT2D eigenvalue weighted by molar-refractivity contribution is 0.0738. The second-order valence-corrected chi connectivity index (χ2v) is 5.89. The summed E-state index contributed by atoms with van der Waals surface area (Å²) < 4.78 is 13.2. The molecule has 1 saturated heterocycles. The number of amides is 1. The minimum absolute atomic E-state index is 0.0164. The fraction of sp³-hybridized carbons (Fsp3) is 0.267. The fourth-order valence-electron chi connectivity index (χ4n) is 2.63. The number of nitrogen functional groups attached to an aromatic ring is 1. The van der Waals surface area contributed by atoms with Gasteiger partial charge in [-0.05, 0) is 42.5 Å². The first kappa shape index (κ1) is 13.1. The summed E-state index contributed by atoms with van der Waals surface area (Å²) in [6.07, 6.45) is 1.97. The highest BCUT2D eigenvalue weighted by molar-refractivity contribution is 7.10. The second-order valence-electron chi connectivity index (χ2n) is 4.91. The topological polar surface area (TPSA) is 46.3 Å². The molecule has 1 atom stereocenters. The molecule has 0 saturated carbocycles. The summed E-state index contributed by atoms with van der Waals surface area (Å²) in [7, 11) is 0. The highest BCUT2D eigenvalue weighted by Crippen LogP contribution is 2.35. The molecule has 3 nitrogen and oxygen atoms in total. The summed E-state index contributed by atoms with van der Waals surface area (Å²) in [5.74, 6) is -0.564. The summed E-state index contributed by atoms with van der Waals surface area (Å²) in [6.45, 7) is 0.735. The summed E-state index contributed by atoms with van der Waals surface area (Å²) in [5, 5.41) is 2.02. The Balaban J connectivity index is 1.87. The maximum absolute atomic E-state index is 13.2. The molecule has 20 heavy (non-hydrogen) atoms. The van der Waals surface area contributed by atoms with Crippen molar-refractivity contribution in [2.45, 2.75) is 18.9 Å². The van der Waals surface area contributed by atoms with E-state index in [0.29, 0.717) is 5.56 Å². The van der Waals surface area contributed by atoms with Crippen LogP contribution in [0.25, 0.3) is 0 Å². The quantitative estimate of drug-likeness (QED) is 0.861. The van der Waals surface area contributed by atoms with Crippen molar-refractivity contribution in [2.75, 3.05) is 12.3 Å². The van der Waals surface area contributed by atoms with Gasteiger partial charge >= 0.3 is 0 Å². The Labute approximate surface area is 120 Å². The van der Waals surface area contributed by atoms with E-state index in [1.807, 2.05) is 16.3 Å². The van der Waals surface area contributed by atoms with Crippen molar-refractivity contribution in [3.05, 3.63) is 52.0 Å². The molecular formula is C15H15FN2OS. The van der Waals surface area contributed by atoms with Gasteiger partial charge in [0, 0.05) is 17.0 Å². The van der Waals surface area contributed by atoms with Crippen LogP contribution >= 0.6 is 11.3 Å². The zero-order chi connectivity index (χ0) is 14.1. The van der Waals surface area contributed by atoms with Crippen molar-refractivity contribution in [3.8, 4) is 0 Å². The predicted octanol–water partition coefficient (Wildman–Crippen LogP) is 3.45. The molecule has 104 valence electrons. The van der Waals surface area contributed by atoms with Gasteiger partial charge in [-0.15, -0.1) is 11.3 Å². The molecule has 1 amide bonds. The Bertz CT molecular complexity index is 627. The Morgan fingerprint density at radius 3 is 2.95 bits per heavy atom. The van der Waals surface area contributed by atoms with E-state index in [-0.39, 0.29) is 17.6 Å². The van der Waals surface area contributed by atoms with Crippen molar-refractivity contribution < 1.29 is 9.18 Å². The standard InChI is InChI=1S/C15H15FN2OS/c16-11-6-5-10(9-12(11)17)15(19)18-7-1-3-13(18)14-4-2-8-20-14/h2,4-6,8-9,13H,1,3,7,17H2. The number of benzene rings is 1. The molecule has 1 aliphatic heterocycles. The van der Waals surface area contributed by atoms with E-state index in [1.165, 1.54) is 23.1 Å². The van der Waals surface area contributed by atoms with Crippen LogP contribution in [0.3, 0.4) is 0 Å². The first-order chi connectivity index (χ1) is 9.66. The van der Waals surface area contributed by atoms with Crippen LogP contribution in [0, 0.1) is 5.82 Å². The maximum Gasteiger partial charge on any atom is 0.254 e. The highest BCUT2D eigenvalue weighted by atomic mass is 32.1. The molecule has 1 aliphatic rings. The van der Waals surface area contributed by atoms with Crippen LogP contribution in [0.1, 0.15) is 34.1 Å². The molecular weight excluding hydrogens is 275 g/mol. The summed E-state index contributed by atoms with van der Waals surface area (Å²) in [4.78, 5) is 15.6. The molecule has 1 unspecified atom stereocenters. The van der Waals surface area contributed by atoms with Gasteiger partial charge in [-0.1, -0.05) is 6.07 Å².